The van der Waals surface area contributed by atoms with E-state index in [0.717, 1.165) is 19.6 Å². The van der Waals surface area contributed by atoms with Crippen LogP contribution in [0.3, 0.4) is 0 Å². The summed E-state index contributed by atoms with van der Waals surface area (Å²) >= 11 is 0. The summed E-state index contributed by atoms with van der Waals surface area (Å²) in [5, 5.41) is 11.1. The minimum absolute atomic E-state index is 0.0388. The van der Waals surface area contributed by atoms with Crippen molar-refractivity contribution in [3.8, 4) is 0 Å². The molecule has 3 heteroatoms. The maximum Gasteiger partial charge on any atom is 0.0932 e. The molecule has 0 aliphatic rings. The third-order valence-corrected chi connectivity index (χ3v) is 1.18. The SMILES string of the molecule is CCCCOCCNCO. The van der Waals surface area contributed by atoms with Gasteiger partial charge in [0.05, 0.1) is 13.3 Å². The Morgan fingerprint density at radius 3 is 2.80 bits per heavy atom. The standard InChI is InChI=1S/C7H17NO2/c1-2-3-5-10-6-4-8-7-9/h8-9H,2-7H2,1H3. The van der Waals surface area contributed by atoms with Gasteiger partial charge >= 0.3 is 0 Å². The van der Waals surface area contributed by atoms with Crippen LogP contribution in [0.4, 0.5) is 0 Å². The summed E-state index contributed by atoms with van der Waals surface area (Å²) in [5.41, 5.74) is 0. The van der Waals surface area contributed by atoms with Crippen molar-refractivity contribution >= 4 is 0 Å². The highest BCUT2D eigenvalue weighted by Crippen LogP contribution is 1.86. The number of hydrogen-bond acceptors (Lipinski definition) is 3. The molecule has 2 N–H and O–H groups in total. The van der Waals surface area contributed by atoms with Gasteiger partial charge in [-0.3, -0.25) is 5.32 Å². The second kappa shape index (κ2) is 8.88. The van der Waals surface area contributed by atoms with Gasteiger partial charge in [0.2, 0.25) is 0 Å². The van der Waals surface area contributed by atoms with Crippen molar-refractivity contribution in [1.29, 1.82) is 0 Å². The lowest BCUT2D eigenvalue weighted by Gasteiger charge is -2.02. The minimum atomic E-state index is 0.0388. The molecule has 0 aliphatic heterocycles. The summed E-state index contributed by atoms with van der Waals surface area (Å²) < 4.78 is 5.20. The fraction of sp³-hybridized carbons (Fsp3) is 1.00. The Bertz CT molecular complexity index is 51.6. The maximum atomic E-state index is 8.30. The quantitative estimate of drug-likeness (QED) is 0.403. The van der Waals surface area contributed by atoms with Crippen LogP contribution >= 0.6 is 0 Å². The van der Waals surface area contributed by atoms with Gasteiger partial charge in [-0.05, 0) is 6.42 Å². The fourth-order valence-electron chi connectivity index (χ4n) is 0.572. The van der Waals surface area contributed by atoms with Crippen LogP contribution in [0.15, 0.2) is 0 Å². The molecule has 0 fully saturated rings. The van der Waals surface area contributed by atoms with E-state index in [4.69, 9.17) is 9.84 Å². The molecule has 0 saturated heterocycles. The second-order valence-electron chi connectivity index (χ2n) is 2.12. The highest BCUT2D eigenvalue weighted by molar-refractivity contribution is 4.37. The molecule has 0 spiro atoms. The van der Waals surface area contributed by atoms with Gasteiger partial charge in [0, 0.05) is 13.2 Å². The van der Waals surface area contributed by atoms with E-state index in [1.165, 1.54) is 6.42 Å². The third-order valence-electron chi connectivity index (χ3n) is 1.18. The van der Waals surface area contributed by atoms with Crippen molar-refractivity contribution in [3.63, 3.8) is 0 Å². The molecule has 0 aliphatic carbocycles. The summed E-state index contributed by atoms with van der Waals surface area (Å²) in [6.07, 6.45) is 2.30. The summed E-state index contributed by atoms with van der Waals surface area (Å²) in [5.74, 6) is 0. The summed E-state index contributed by atoms with van der Waals surface area (Å²) in [6.45, 7) is 4.44. The maximum absolute atomic E-state index is 8.30. The minimum Gasteiger partial charge on any atom is -0.381 e. The summed E-state index contributed by atoms with van der Waals surface area (Å²) in [6, 6.07) is 0. The molecule has 0 unspecified atom stereocenters. The number of hydrogen-bond donors (Lipinski definition) is 2. The van der Waals surface area contributed by atoms with E-state index >= 15 is 0 Å². The van der Waals surface area contributed by atoms with E-state index in [2.05, 4.69) is 12.2 Å². The molecule has 0 atom stereocenters. The Balaban J connectivity index is 2.65. The average Bonchev–Trinajstić information content (AvgIpc) is 1.97. The van der Waals surface area contributed by atoms with Crippen LogP contribution < -0.4 is 5.32 Å². The van der Waals surface area contributed by atoms with Gasteiger partial charge in [0.15, 0.2) is 0 Å². The molecule has 10 heavy (non-hydrogen) atoms. The number of nitrogens with one attached hydrogen (secondary N) is 1. The Hall–Kier alpha value is -0.120. The van der Waals surface area contributed by atoms with Crippen LogP contribution in [0.5, 0.6) is 0 Å². The van der Waals surface area contributed by atoms with Gasteiger partial charge in [0.1, 0.15) is 0 Å². The third kappa shape index (κ3) is 7.88. The molecule has 62 valence electrons. The predicted octanol–water partition coefficient (Wildman–Crippen LogP) is 0.343. The zero-order valence-electron chi connectivity index (χ0n) is 6.60. The molecule has 0 amide bonds. The molecule has 0 bridgehead atoms. The van der Waals surface area contributed by atoms with Crippen molar-refractivity contribution in [2.75, 3.05) is 26.5 Å². The number of aliphatic hydroxyl groups excluding tert-OH is 1. The topological polar surface area (TPSA) is 41.5 Å². The largest absolute Gasteiger partial charge is 0.381 e. The molecule has 0 aromatic carbocycles. The van der Waals surface area contributed by atoms with Gasteiger partial charge in [0.25, 0.3) is 0 Å². The molecule has 0 radical (unpaired) electrons. The normalized spacial score (nSPS) is 10.2. The van der Waals surface area contributed by atoms with E-state index in [-0.39, 0.29) is 6.73 Å². The van der Waals surface area contributed by atoms with Crippen LogP contribution in [-0.2, 0) is 4.74 Å². The van der Waals surface area contributed by atoms with Gasteiger partial charge in [-0.15, -0.1) is 0 Å². The van der Waals surface area contributed by atoms with Crippen molar-refractivity contribution in [3.05, 3.63) is 0 Å². The van der Waals surface area contributed by atoms with Gasteiger partial charge in [-0.1, -0.05) is 13.3 Å². The molecule has 0 aromatic rings. The molecular formula is C7H17NO2. The van der Waals surface area contributed by atoms with Gasteiger partial charge in [-0.25, -0.2) is 0 Å². The van der Waals surface area contributed by atoms with E-state index in [1.807, 2.05) is 0 Å². The van der Waals surface area contributed by atoms with Crippen molar-refractivity contribution < 1.29 is 9.84 Å². The first-order valence-electron chi connectivity index (χ1n) is 3.81. The average molecular weight is 147 g/mol. The predicted molar refractivity (Wildman–Crippen MR) is 40.8 cm³/mol. The van der Waals surface area contributed by atoms with Gasteiger partial charge < -0.3 is 9.84 Å². The highest BCUT2D eigenvalue weighted by Gasteiger charge is 1.85. The molecular weight excluding hydrogens is 130 g/mol. The van der Waals surface area contributed by atoms with E-state index < -0.39 is 0 Å². The van der Waals surface area contributed by atoms with Crippen LogP contribution in [0, 0.1) is 0 Å². The molecule has 0 rings (SSSR count). The number of unbranched alkanes of at least 4 members (excludes halogenated alkanes) is 1. The first-order chi connectivity index (χ1) is 4.91. The van der Waals surface area contributed by atoms with Crippen molar-refractivity contribution in [2.45, 2.75) is 19.8 Å². The van der Waals surface area contributed by atoms with E-state index in [1.54, 1.807) is 0 Å². The molecule has 3 nitrogen and oxygen atoms in total. The lowest BCUT2D eigenvalue weighted by atomic mass is 10.4. The molecule has 0 aromatic heterocycles. The number of ether oxygens (including phenoxy) is 1. The first kappa shape index (κ1) is 9.88. The van der Waals surface area contributed by atoms with Crippen molar-refractivity contribution in [2.24, 2.45) is 0 Å². The van der Waals surface area contributed by atoms with Crippen LogP contribution in [0.2, 0.25) is 0 Å². The van der Waals surface area contributed by atoms with E-state index in [0.29, 0.717) is 6.61 Å². The van der Waals surface area contributed by atoms with Crippen LogP contribution in [0.25, 0.3) is 0 Å². The monoisotopic (exact) mass is 147 g/mol. The fourth-order valence-corrected chi connectivity index (χ4v) is 0.572. The zero-order valence-corrected chi connectivity index (χ0v) is 6.60. The lowest BCUT2D eigenvalue weighted by molar-refractivity contribution is 0.125. The van der Waals surface area contributed by atoms with Crippen molar-refractivity contribution in [1.82, 2.24) is 5.32 Å². The number of rotatable bonds is 7. The van der Waals surface area contributed by atoms with Crippen LogP contribution in [-0.4, -0.2) is 31.6 Å². The highest BCUT2D eigenvalue weighted by atomic mass is 16.5. The lowest BCUT2D eigenvalue weighted by Crippen LogP contribution is -2.20. The zero-order chi connectivity index (χ0) is 7.66. The Kier molecular flexibility index (Phi) is 8.77. The number of aliphatic hydroxyl groups is 1. The Morgan fingerprint density at radius 1 is 1.40 bits per heavy atom. The molecule has 0 saturated carbocycles. The van der Waals surface area contributed by atoms with Gasteiger partial charge in [-0.2, -0.15) is 0 Å². The van der Waals surface area contributed by atoms with E-state index in [9.17, 15) is 0 Å². The Morgan fingerprint density at radius 2 is 2.20 bits per heavy atom. The Labute approximate surface area is 62.4 Å². The second-order valence-corrected chi connectivity index (χ2v) is 2.12. The first-order valence-corrected chi connectivity index (χ1v) is 3.81. The summed E-state index contributed by atoms with van der Waals surface area (Å²) in [4.78, 5) is 0. The van der Waals surface area contributed by atoms with Crippen LogP contribution in [0.1, 0.15) is 19.8 Å². The molecule has 0 heterocycles. The smallest absolute Gasteiger partial charge is 0.0932 e. The summed E-state index contributed by atoms with van der Waals surface area (Å²) in [7, 11) is 0.